The van der Waals surface area contributed by atoms with Crippen molar-refractivity contribution in [2.75, 3.05) is 18.5 Å². The number of hydrogen-bond acceptors (Lipinski definition) is 1. The van der Waals surface area contributed by atoms with E-state index in [9.17, 15) is 5.11 Å². The van der Waals surface area contributed by atoms with Crippen molar-refractivity contribution in [1.29, 1.82) is 0 Å². The molecular weight excluding hydrogens is 371 g/mol. The van der Waals surface area contributed by atoms with Gasteiger partial charge in [0.05, 0.1) is 0 Å². The van der Waals surface area contributed by atoms with Crippen LogP contribution in [0.15, 0.2) is 0 Å². The van der Waals surface area contributed by atoms with Gasteiger partial charge in [-0.1, -0.05) is 0 Å². The number of aliphatic hydroxyl groups excluding tert-OH is 1. The zero-order valence-corrected chi connectivity index (χ0v) is 22.1. The van der Waals surface area contributed by atoms with Gasteiger partial charge in [-0.25, -0.2) is 0 Å². The van der Waals surface area contributed by atoms with Crippen molar-refractivity contribution in [2.45, 2.75) is 156 Å². The first-order valence-corrected chi connectivity index (χ1v) is 16.5. The minimum absolute atomic E-state index is 0.0458. The number of unbranched alkanes of at least 4 members (excludes halogenated alkanes) is 15. The molecule has 0 heterocycles. The molecule has 1 N–H and O–H groups in total. The molecule has 0 rings (SSSR count). The fraction of sp³-hybridized carbons (Fsp3) is 1.00. The third-order valence-electron chi connectivity index (χ3n) is 7.18. The SMILES string of the molecule is CCCCCCCC[PH](CCCCCCCC)(CCCCCCCC)C(O)CC. The van der Waals surface area contributed by atoms with Crippen molar-refractivity contribution in [2.24, 2.45) is 0 Å². The van der Waals surface area contributed by atoms with Gasteiger partial charge in [0.2, 0.25) is 0 Å². The van der Waals surface area contributed by atoms with Gasteiger partial charge in [0.15, 0.2) is 0 Å². The average molecular weight is 431 g/mol. The van der Waals surface area contributed by atoms with Gasteiger partial charge >= 0.3 is 186 Å². The molecule has 0 aromatic heterocycles. The third-order valence-corrected chi connectivity index (χ3v) is 13.0. The molecule has 0 saturated heterocycles. The van der Waals surface area contributed by atoms with Gasteiger partial charge in [0, 0.05) is 0 Å². The first-order valence-electron chi connectivity index (χ1n) is 13.8. The molecule has 0 aromatic rings. The zero-order chi connectivity index (χ0) is 21.6. The normalized spacial score (nSPS) is 13.7. The maximum atomic E-state index is 11.2. The molecule has 0 saturated carbocycles. The van der Waals surface area contributed by atoms with E-state index in [1.807, 2.05) is 0 Å². The second-order valence-corrected chi connectivity index (χ2v) is 14.7. The summed E-state index contributed by atoms with van der Waals surface area (Å²) in [6, 6.07) is 0. The third kappa shape index (κ3) is 15.8. The predicted octanol–water partition coefficient (Wildman–Crippen LogP) is 9.55. The number of aliphatic hydroxyl groups is 1. The van der Waals surface area contributed by atoms with Crippen LogP contribution in [0.2, 0.25) is 0 Å². The molecule has 1 nitrogen and oxygen atoms in total. The van der Waals surface area contributed by atoms with Crippen molar-refractivity contribution in [3.05, 3.63) is 0 Å². The maximum absolute atomic E-state index is 11.2. The summed E-state index contributed by atoms with van der Waals surface area (Å²) in [5, 5.41) is 11.2. The topological polar surface area (TPSA) is 20.2 Å². The summed E-state index contributed by atoms with van der Waals surface area (Å²) in [5.41, 5.74) is 0. The van der Waals surface area contributed by atoms with Crippen molar-refractivity contribution in [3.8, 4) is 0 Å². The Labute approximate surface area is 186 Å². The van der Waals surface area contributed by atoms with E-state index in [1.54, 1.807) is 0 Å². The van der Waals surface area contributed by atoms with Crippen LogP contribution < -0.4 is 0 Å². The summed E-state index contributed by atoms with van der Waals surface area (Å²) in [7, 11) is -1.55. The zero-order valence-electron chi connectivity index (χ0n) is 21.1. The molecule has 0 spiro atoms. The molecule has 1 atom stereocenters. The molecule has 29 heavy (non-hydrogen) atoms. The Balaban J connectivity index is 4.62. The fourth-order valence-electron chi connectivity index (χ4n) is 5.08. The molecule has 2 heteroatoms. The Hall–Kier alpha value is 0.390. The van der Waals surface area contributed by atoms with E-state index in [0.29, 0.717) is 0 Å². The molecule has 0 aliphatic heterocycles. The Morgan fingerprint density at radius 3 is 1.00 bits per heavy atom. The van der Waals surface area contributed by atoms with Crippen LogP contribution in [-0.4, -0.2) is 29.4 Å². The summed E-state index contributed by atoms with van der Waals surface area (Å²) in [6.07, 6.45) is 30.2. The Bertz CT molecular complexity index is 277. The van der Waals surface area contributed by atoms with Gasteiger partial charge in [-0.15, -0.1) is 0 Å². The van der Waals surface area contributed by atoms with Crippen LogP contribution in [-0.2, 0) is 0 Å². The Kier molecular flexibility index (Phi) is 21.9. The van der Waals surface area contributed by atoms with E-state index < -0.39 is 7.26 Å². The average Bonchev–Trinajstić information content (AvgIpc) is 2.74. The number of rotatable bonds is 23. The molecule has 178 valence electrons. The molecule has 0 fully saturated rings. The predicted molar refractivity (Wildman–Crippen MR) is 139 cm³/mol. The first-order chi connectivity index (χ1) is 14.2. The molecule has 0 aromatic carbocycles. The van der Waals surface area contributed by atoms with Crippen LogP contribution in [0.1, 0.15) is 150 Å². The Morgan fingerprint density at radius 2 is 0.724 bits per heavy atom. The fourth-order valence-corrected chi connectivity index (χ4v) is 10.6. The van der Waals surface area contributed by atoms with Crippen LogP contribution in [0.25, 0.3) is 0 Å². The van der Waals surface area contributed by atoms with Crippen molar-refractivity contribution >= 4 is 7.26 Å². The van der Waals surface area contributed by atoms with Crippen LogP contribution >= 0.6 is 7.26 Å². The second-order valence-electron chi connectivity index (χ2n) is 9.84. The summed E-state index contributed by atoms with van der Waals surface area (Å²) in [6.45, 7) is 9.14. The first kappa shape index (κ1) is 29.4. The summed E-state index contributed by atoms with van der Waals surface area (Å²) >= 11 is 0. The second kappa shape index (κ2) is 21.6. The van der Waals surface area contributed by atoms with Crippen molar-refractivity contribution in [1.82, 2.24) is 0 Å². The number of hydrogen-bond donors (Lipinski definition) is 1. The van der Waals surface area contributed by atoms with Gasteiger partial charge in [-0.3, -0.25) is 0 Å². The van der Waals surface area contributed by atoms with Crippen LogP contribution in [0, 0.1) is 0 Å². The minimum atomic E-state index is -1.55. The van der Waals surface area contributed by atoms with Crippen LogP contribution in [0.4, 0.5) is 0 Å². The van der Waals surface area contributed by atoms with Gasteiger partial charge in [0.1, 0.15) is 0 Å². The quantitative estimate of drug-likeness (QED) is 0.126. The Morgan fingerprint density at radius 1 is 0.448 bits per heavy atom. The monoisotopic (exact) mass is 430 g/mol. The molecule has 1 unspecified atom stereocenters. The van der Waals surface area contributed by atoms with Gasteiger partial charge in [-0.05, 0) is 0 Å². The molecule has 0 aliphatic rings. The van der Waals surface area contributed by atoms with Crippen molar-refractivity contribution < 1.29 is 5.11 Å². The molecular formula is C27H59OP. The summed E-state index contributed by atoms with van der Waals surface area (Å²) in [4.78, 5) is 0. The van der Waals surface area contributed by atoms with Crippen molar-refractivity contribution in [3.63, 3.8) is 0 Å². The van der Waals surface area contributed by atoms with Crippen LogP contribution in [0.3, 0.4) is 0 Å². The van der Waals surface area contributed by atoms with E-state index in [0.717, 1.165) is 6.42 Å². The van der Waals surface area contributed by atoms with Gasteiger partial charge in [0.25, 0.3) is 0 Å². The summed E-state index contributed by atoms with van der Waals surface area (Å²) in [5.74, 6) is 0.0458. The van der Waals surface area contributed by atoms with E-state index in [4.69, 9.17) is 0 Å². The molecule has 0 amide bonds. The standard InChI is InChI=1S/C27H59OP/c1-5-9-12-15-18-21-24-29(27(28)8-4,25-22-19-16-13-10-6-2)26-23-20-17-14-11-7-3/h27-29H,5-26H2,1-4H3. The van der Waals surface area contributed by atoms with E-state index in [-0.39, 0.29) is 5.85 Å². The van der Waals surface area contributed by atoms with Crippen LogP contribution in [0.5, 0.6) is 0 Å². The molecule has 0 aliphatic carbocycles. The van der Waals surface area contributed by atoms with Gasteiger partial charge in [-0.2, -0.15) is 0 Å². The van der Waals surface area contributed by atoms with E-state index in [2.05, 4.69) is 27.7 Å². The van der Waals surface area contributed by atoms with E-state index in [1.165, 1.54) is 134 Å². The summed E-state index contributed by atoms with van der Waals surface area (Å²) < 4.78 is 0. The van der Waals surface area contributed by atoms with E-state index >= 15 is 0 Å². The van der Waals surface area contributed by atoms with Gasteiger partial charge < -0.3 is 0 Å². The molecule has 0 bridgehead atoms. The molecule has 0 radical (unpaired) electrons.